The molecule has 1 amide bonds. The Kier molecular flexibility index (Phi) is 5.78. The SMILES string of the molecule is Cl.O=C(Nc1ccc(N2CCOCC2)cn1)C1CCCN1. The van der Waals surface area contributed by atoms with Gasteiger partial charge in [-0.05, 0) is 31.5 Å². The van der Waals surface area contributed by atoms with Crippen LogP contribution in [-0.2, 0) is 9.53 Å². The van der Waals surface area contributed by atoms with Crippen LogP contribution in [0.15, 0.2) is 18.3 Å². The first-order chi connectivity index (χ1) is 9.83. The molecule has 21 heavy (non-hydrogen) atoms. The Balaban J connectivity index is 0.00000161. The Morgan fingerprint density at radius 2 is 2.19 bits per heavy atom. The Morgan fingerprint density at radius 3 is 2.81 bits per heavy atom. The second kappa shape index (κ2) is 7.59. The monoisotopic (exact) mass is 312 g/mol. The maximum atomic E-state index is 12.0. The van der Waals surface area contributed by atoms with Crippen LogP contribution >= 0.6 is 12.4 Å². The Labute approximate surface area is 130 Å². The summed E-state index contributed by atoms with van der Waals surface area (Å²) in [5, 5.41) is 6.04. The van der Waals surface area contributed by atoms with Gasteiger partial charge in [0.25, 0.3) is 0 Å². The first-order valence-corrected chi connectivity index (χ1v) is 7.16. The van der Waals surface area contributed by atoms with E-state index >= 15 is 0 Å². The predicted octanol–water partition coefficient (Wildman–Crippen LogP) is 1.03. The van der Waals surface area contributed by atoms with E-state index < -0.39 is 0 Å². The molecule has 2 aliphatic rings. The van der Waals surface area contributed by atoms with Gasteiger partial charge in [-0.25, -0.2) is 4.98 Å². The van der Waals surface area contributed by atoms with Gasteiger partial charge in [0, 0.05) is 13.1 Å². The number of halogens is 1. The van der Waals surface area contributed by atoms with Gasteiger partial charge < -0.3 is 20.3 Å². The fraction of sp³-hybridized carbons (Fsp3) is 0.571. The molecule has 1 aromatic rings. The fourth-order valence-electron chi connectivity index (χ4n) is 2.59. The minimum absolute atomic E-state index is 0. The highest BCUT2D eigenvalue weighted by Gasteiger charge is 2.22. The van der Waals surface area contributed by atoms with Crippen LogP contribution in [0.4, 0.5) is 11.5 Å². The molecule has 0 radical (unpaired) electrons. The molecule has 0 aromatic carbocycles. The number of carbonyl (C=O) groups excluding carboxylic acids is 1. The maximum Gasteiger partial charge on any atom is 0.242 e. The zero-order valence-corrected chi connectivity index (χ0v) is 12.7. The van der Waals surface area contributed by atoms with Crippen LogP contribution in [0.1, 0.15) is 12.8 Å². The lowest BCUT2D eigenvalue weighted by atomic mass is 10.2. The predicted molar refractivity (Wildman–Crippen MR) is 84.2 cm³/mol. The summed E-state index contributed by atoms with van der Waals surface area (Å²) in [4.78, 5) is 18.5. The Morgan fingerprint density at radius 1 is 1.38 bits per heavy atom. The maximum absolute atomic E-state index is 12.0. The lowest BCUT2D eigenvalue weighted by Crippen LogP contribution is -2.36. The number of anilines is 2. The average molecular weight is 313 g/mol. The number of amides is 1. The number of hydrogen-bond donors (Lipinski definition) is 2. The van der Waals surface area contributed by atoms with Crippen LogP contribution in [0.25, 0.3) is 0 Å². The smallest absolute Gasteiger partial charge is 0.242 e. The number of nitrogens with zero attached hydrogens (tertiary/aromatic N) is 2. The van der Waals surface area contributed by atoms with Crippen molar-refractivity contribution in [1.82, 2.24) is 10.3 Å². The normalized spacial score (nSPS) is 21.7. The number of carbonyl (C=O) groups is 1. The molecule has 1 atom stereocenters. The number of aromatic nitrogens is 1. The summed E-state index contributed by atoms with van der Waals surface area (Å²) < 4.78 is 5.33. The van der Waals surface area contributed by atoms with Crippen molar-refractivity contribution < 1.29 is 9.53 Å². The van der Waals surface area contributed by atoms with Crippen LogP contribution < -0.4 is 15.5 Å². The quantitative estimate of drug-likeness (QED) is 0.872. The van der Waals surface area contributed by atoms with Crippen LogP contribution in [-0.4, -0.2) is 49.8 Å². The average Bonchev–Trinajstić information content (AvgIpc) is 3.03. The van der Waals surface area contributed by atoms with Crippen molar-refractivity contribution in [2.75, 3.05) is 43.1 Å². The molecule has 0 spiro atoms. The van der Waals surface area contributed by atoms with E-state index in [4.69, 9.17) is 4.74 Å². The molecule has 2 aliphatic heterocycles. The summed E-state index contributed by atoms with van der Waals surface area (Å²) in [6, 6.07) is 3.78. The van der Waals surface area contributed by atoms with Crippen molar-refractivity contribution in [3.05, 3.63) is 18.3 Å². The molecule has 0 bridgehead atoms. The summed E-state index contributed by atoms with van der Waals surface area (Å²) in [5.41, 5.74) is 1.07. The molecule has 0 saturated carbocycles. The third kappa shape index (κ3) is 4.06. The van der Waals surface area contributed by atoms with Crippen molar-refractivity contribution >= 4 is 29.8 Å². The molecule has 2 fully saturated rings. The van der Waals surface area contributed by atoms with Crippen LogP contribution in [0, 0.1) is 0 Å². The number of nitrogens with one attached hydrogen (secondary N) is 2. The highest BCUT2D eigenvalue weighted by atomic mass is 35.5. The minimum Gasteiger partial charge on any atom is -0.378 e. The molecular weight excluding hydrogens is 292 g/mol. The third-order valence-corrected chi connectivity index (χ3v) is 3.75. The zero-order chi connectivity index (χ0) is 13.8. The lowest BCUT2D eigenvalue weighted by Gasteiger charge is -2.28. The van der Waals surface area contributed by atoms with Crippen molar-refractivity contribution in [2.45, 2.75) is 18.9 Å². The van der Waals surface area contributed by atoms with E-state index in [1.54, 1.807) is 0 Å². The number of hydrogen-bond acceptors (Lipinski definition) is 5. The van der Waals surface area contributed by atoms with Gasteiger partial charge in [0.05, 0.1) is 31.1 Å². The number of morpholine rings is 1. The molecule has 1 unspecified atom stereocenters. The lowest BCUT2D eigenvalue weighted by molar-refractivity contribution is -0.117. The molecular formula is C14H21ClN4O2. The topological polar surface area (TPSA) is 66.5 Å². The largest absolute Gasteiger partial charge is 0.378 e. The molecule has 0 aliphatic carbocycles. The summed E-state index contributed by atoms with van der Waals surface area (Å²) in [6.45, 7) is 4.21. The van der Waals surface area contributed by atoms with Gasteiger partial charge in [0.15, 0.2) is 0 Å². The summed E-state index contributed by atoms with van der Waals surface area (Å²) in [7, 11) is 0. The van der Waals surface area contributed by atoms with Crippen LogP contribution in [0.2, 0.25) is 0 Å². The van der Waals surface area contributed by atoms with Gasteiger partial charge in [-0.15, -0.1) is 12.4 Å². The van der Waals surface area contributed by atoms with Gasteiger partial charge in [0.1, 0.15) is 5.82 Å². The Bertz CT molecular complexity index is 457. The van der Waals surface area contributed by atoms with E-state index in [9.17, 15) is 4.79 Å². The third-order valence-electron chi connectivity index (χ3n) is 3.75. The first kappa shape index (κ1) is 16.0. The van der Waals surface area contributed by atoms with Gasteiger partial charge in [0.2, 0.25) is 5.91 Å². The van der Waals surface area contributed by atoms with E-state index in [0.29, 0.717) is 5.82 Å². The number of pyridine rings is 1. The molecule has 6 nitrogen and oxygen atoms in total. The number of rotatable bonds is 3. The van der Waals surface area contributed by atoms with E-state index in [-0.39, 0.29) is 24.4 Å². The summed E-state index contributed by atoms with van der Waals surface area (Å²) in [5.74, 6) is 0.620. The van der Waals surface area contributed by atoms with Crippen molar-refractivity contribution in [3.8, 4) is 0 Å². The van der Waals surface area contributed by atoms with Gasteiger partial charge in [-0.3, -0.25) is 4.79 Å². The van der Waals surface area contributed by atoms with E-state index in [1.165, 1.54) is 0 Å². The molecule has 1 aromatic heterocycles. The minimum atomic E-state index is -0.0734. The second-order valence-electron chi connectivity index (χ2n) is 5.14. The summed E-state index contributed by atoms with van der Waals surface area (Å²) >= 11 is 0. The van der Waals surface area contributed by atoms with E-state index in [0.717, 1.165) is 51.4 Å². The highest BCUT2D eigenvalue weighted by Crippen LogP contribution is 2.17. The molecule has 7 heteroatoms. The second-order valence-corrected chi connectivity index (χ2v) is 5.14. The molecule has 116 valence electrons. The zero-order valence-electron chi connectivity index (χ0n) is 11.9. The van der Waals surface area contributed by atoms with E-state index in [2.05, 4.69) is 20.5 Å². The van der Waals surface area contributed by atoms with Gasteiger partial charge in [-0.2, -0.15) is 0 Å². The molecule has 2 N–H and O–H groups in total. The Hall–Kier alpha value is -1.37. The molecule has 2 saturated heterocycles. The fourth-order valence-corrected chi connectivity index (χ4v) is 2.59. The van der Waals surface area contributed by atoms with Crippen molar-refractivity contribution in [3.63, 3.8) is 0 Å². The van der Waals surface area contributed by atoms with Crippen molar-refractivity contribution in [1.29, 1.82) is 0 Å². The van der Waals surface area contributed by atoms with Crippen LogP contribution in [0.3, 0.4) is 0 Å². The number of ether oxygens (including phenoxy) is 1. The molecule has 3 heterocycles. The van der Waals surface area contributed by atoms with E-state index in [1.807, 2.05) is 18.3 Å². The van der Waals surface area contributed by atoms with Crippen LogP contribution in [0.5, 0.6) is 0 Å². The standard InChI is InChI=1S/C14H20N4O2.ClH/c19-14(12-2-1-5-15-12)17-13-4-3-11(10-16-13)18-6-8-20-9-7-18;/h3-4,10,12,15H,1-2,5-9H2,(H,16,17,19);1H. The van der Waals surface area contributed by atoms with Gasteiger partial charge >= 0.3 is 0 Å². The molecule has 3 rings (SSSR count). The van der Waals surface area contributed by atoms with Gasteiger partial charge in [-0.1, -0.05) is 0 Å². The summed E-state index contributed by atoms with van der Waals surface area (Å²) in [6.07, 6.45) is 3.77. The highest BCUT2D eigenvalue weighted by molar-refractivity contribution is 5.94. The first-order valence-electron chi connectivity index (χ1n) is 7.16. The van der Waals surface area contributed by atoms with Crippen molar-refractivity contribution in [2.24, 2.45) is 0 Å².